The second kappa shape index (κ2) is 8.68. The van der Waals surface area contributed by atoms with E-state index in [9.17, 15) is 14.4 Å². The van der Waals surface area contributed by atoms with Crippen molar-refractivity contribution < 1.29 is 14.4 Å². The highest BCUT2D eigenvalue weighted by atomic mass is 32.2. The molecule has 6 heteroatoms. The first-order valence-corrected chi connectivity index (χ1v) is 9.47. The van der Waals surface area contributed by atoms with E-state index in [1.165, 1.54) is 4.90 Å². The molecule has 1 N–H and O–H groups in total. The number of imide groups is 1. The lowest BCUT2D eigenvalue weighted by Gasteiger charge is -2.13. The molecule has 0 radical (unpaired) electrons. The largest absolute Gasteiger partial charge is 0.354 e. The molecule has 0 unspecified atom stereocenters. The van der Waals surface area contributed by atoms with E-state index in [1.54, 1.807) is 6.08 Å². The van der Waals surface area contributed by atoms with Gasteiger partial charge in [-0.3, -0.25) is 19.3 Å². The molecular formula is C21H20N2O3S. The summed E-state index contributed by atoms with van der Waals surface area (Å²) in [6, 6.07) is 17.1. The van der Waals surface area contributed by atoms with Crippen molar-refractivity contribution in [2.24, 2.45) is 0 Å². The van der Waals surface area contributed by atoms with Gasteiger partial charge in [0, 0.05) is 13.1 Å². The maximum atomic E-state index is 12.4. The van der Waals surface area contributed by atoms with Crippen molar-refractivity contribution in [2.75, 3.05) is 13.1 Å². The third-order valence-corrected chi connectivity index (χ3v) is 4.98. The molecule has 1 saturated heterocycles. The zero-order valence-corrected chi connectivity index (χ0v) is 15.8. The van der Waals surface area contributed by atoms with Crippen molar-refractivity contribution in [2.45, 2.75) is 13.3 Å². The first-order chi connectivity index (χ1) is 13.0. The maximum Gasteiger partial charge on any atom is 0.293 e. The van der Waals surface area contributed by atoms with Crippen LogP contribution in [0.4, 0.5) is 4.79 Å². The van der Waals surface area contributed by atoms with Crippen LogP contribution in [0.1, 0.15) is 16.7 Å². The fourth-order valence-electron chi connectivity index (χ4n) is 2.77. The van der Waals surface area contributed by atoms with Crippen LogP contribution in [0, 0.1) is 6.92 Å². The number of carbonyl (C=O) groups is 3. The van der Waals surface area contributed by atoms with Gasteiger partial charge in [-0.15, -0.1) is 0 Å². The Morgan fingerprint density at radius 2 is 1.89 bits per heavy atom. The van der Waals surface area contributed by atoms with E-state index in [0.29, 0.717) is 4.91 Å². The molecule has 2 aromatic rings. The Morgan fingerprint density at radius 3 is 2.63 bits per heavy atom. The van der Waals surface area contributed by atoms with Gasteiger partial charge in [0.25, 0.3) is 11.1 Å². The molecule has 2 aromatic carbocycles. The summed E-state index contributed by atoms with van der Waals surface area (Å²) in [5.74, 6) is -0.450. The van der Waals surface area contributed by atoms with Crippen LogP contribution in [0.2, 0.25) is 0 Å². The molecule has 1 aliphatic rings. The normalized spacial score (nSPS) is 15.4. The number of carbonyl (C=O) groups excluding carboxylic acids is 3. The highest BCUT2D eigenvalue weighted by Gasteiger charge is 2.34. The minimum Gasteiger partial charge on any atom is -0.354 e. The van der Waals surface area contributed by atoms with Gasteiger partial charge in [0.15, 0.2) is 0 Å². The van der Waals surface area contributed by atoms with Gasteiger partial charge in [-0.05, 0) is 35.9 Å². The Morgan fingerprint density at radius 1 is 1.11 bits per heavy atom. The van der Waals surface area contributed by atoms with Crippen molar-refractivity contribution >= 4 is 34.9 Å². The van der Waals surface area contributed by atoms with Crippen molar-refractivity contribution in [3.8, 4) is 0 Å². The average molecular weight is 380 g/mol. The summed E-state index contributed by atoms with van der Waals surface area (Å²) in [5, 5.41) is 2.46. The predicted molar refractivity (Wildman–Crippen MR) is 107 cm³/mol. The van der Waals surface area contributed by atoms with Gasteiger partial charge in [0.2, 0.25) is 5.91 Å². The molecule has 1 fully saturated rings. The molecule has 3 rings (SSSR count). The first-order valence-electron chi connectivity index (χ1n) is 8.65. The van der Waals surface area contributed by atoms with Crippen LogP contribution in [-0.2, 0) is 16.0 Å². The summed E-state index contributed by atoms with van der Waals surface area (Å²) in [6.45, 7) is 2.38. The molecule has 0 aliphatic carbocycles. The molecule has 1 heterocycles. The van der Waals surface area contributed by atoms with Gasteiger partial charge < -0.3 is 5.32 Å². The Hall–Kier alpha value is -2.86. The van der Waals surface area contributed by atoms with Gasteiger partial charge in [-0.2, -0.15) is 0 Å². The topological polar surface area (TPSA) is 66.5 Å². The van der Waals surface area contributed by atoms with E-state index in [2.05, 4.69) is 5.32 Å². The summed E-state index contributed by atoms with van der Waals surface area (Å²) in [6.07, 6.45) is 1.98. The molecule has 3 amide bonds. The summed E-state index contributed by atoms with van der Waals surface area (Å²) < 4.78 is 0. The fraction of sp³-hybridized carbons (Fsp3) is 0.190. The molecule has 0 saturated carbocycles. The monoisotopic (exact) mass is 380 g/mol. The molecule has 0 aromatic heterocycles. The van der Waals surface area contributed by atoms with E-state index >= 15 is 0 Å². The van der Waals surface area contributed by atoms with E-state index in [-0.39, 0.29) is 36.6 Å². The average Bonchev–Trinajstić information content (AvgIpc) is 2.90. The number of benzene rings is 2. The number of thioether (sulfide) groups is 1. The van der Waals surface area contributed by atoms with Gasteiger partial charge in [-0.25, -0.2) is 0 Å². The lowest BCUT2D eigenvalue weighted by molar-refractivity contribution is -0.124. The maximum absolute atomic E-state index is 12.4. The molecular weight excluding hydrogens is 360 g/mol. The number of amides is 3. The number of hydrogen-bond donors (Lipinski definition) is 1. The van der Waals surface area contributed by atoms with Crippen molar-refractivity contribution in [1.29, 1.82) is 0 Å². The van der Waals surface area contributed by atoms with E-state index in [1.807, 2.05) is 61.5 Å². The number of rotatable bonds is 6. The van der Waals surface area contributed by atoms with Gasteiger partial charge in [0.05, 0.1) is 11.3 Å². The smallest absolute Gasteiger partial charge is 0.293 e. The second-order valence-corrected chi connectivity index (χ2v) is 7.25. The van der Waals surface area contributed by atoms with Crippen molar-refractivity contribution in [3.63, 3.8) is 0 Å². The summed E-state index contributed by atoms with van der Waals surface area (Å²) in [5.41, 5.74) is 2.90. The molecule has 138 valence electrons. The lowest BCUT2D eigenvalue weighted by Crippen LogP contribution is -2.37. The van der Waals surface area contributed by atoms with Crippen LogP contribution >= 0.6 is 11.8 Å². The van der Waals surface area contributed by atoms with Gasteiger partial charge in [-0.1, -0.05) is 60.2 Å². The zero-order chi connectivity index (χ0) is 19.2. The molecule has 5 nitrogen and oxygen atoms in total. The van der Waals surface area contributed by atoms with Crippen LogP contribution in [-0.4, -0.2) is 35.0 Å². The van der Waals surface area contributed by atoms with Crippen LogP contribution in [0.25, 0.3) is 6.08 Å². The molecule has 27 heavy (non-hydrogen) atoms. The van der Waals surface area contributed by atoms with Crippen molar-refractivity contribution in [3.05, 3.63) is 76.2 Å². The second-order valence-electron chi connectivity index (χ2n) is 6.26. The van der Waals surface area contributed by atoms with E-state index in [0.717, 1.165) is 28.5 Å². The first kappa shape index (κ1) is 18.9. The molecule has 0 atom stereocenters. The third-order valence-electron chi connectivity index (χ3n) is 4.08. The van der Waals surface area contributed by atoms with Gasteiger partial charge >= 0.3 is 0 Å². The SMILES string of the molecule is Cc1cccc(CC(=O)NCCN2C(=O)S/C(=C/c3ccccc3)C2=O)c1. The number of nitrogens with zero attached hydrogens (tertiary/aromatic N) is 1. The molecule has 0 spiro atoms. The van der Waals surface area contributed by atoms with Crippen LogP contribution in [0.5, 0.6) is 0 Å². The fourth-order valence-corrected chi connectivity index (χ4v) is 3.64. The number of aryl methyl sites for hydroxylation is 1. The minimum absolute atomic E-state index is 0.132. The number of hydrogen-bond acceptors (Lipinski definition) is 4. The zero-order valence-electron chi connectivity index (χ0n) is 15.0. The Labute approximate surface area is 162 Å². The van der Waals surface area contributed by atoms with Gasteiger partial charge in [0.1, 0.15) is 0 Å². The summed E-state index contributed by atoms with van der Waals surface area (Å²) >= 11 is 0.926. The molecule has 1 aliphatic heterocycles. The number of nitrogens with one attached hydrogen (secondary N) is 1. The summed E-state index contributed by atoms with van der Waals surface area (Å²) in [7, 11) is 0. The highest BCUT2D eigenvalue weighted by molar-refractivity contribution is 8.18. The van der Waals surface area contributed by atoms with E-state index < -0.39 is 0 Å². The van der Waals surface area contributed by atoms with Crippen LogP contribution in [0.15, 0.2) is 59.5 Å². The van der Waals surface area contributed by atoms with E-state index in [4.69, 9.17) is 0 Å². The quantitative estimate of drug-likeness (QED) is 0.780. The van der Waals surface area contributed by atoms with Crippen LogP contribution < -0.4 is 5.32 Å². The van der Waals surface area contributed by atoms with Crippen LogP contribution in [0.3, 0.4) is 0 Å². The summed E-state index contributed by atoms with van der Waals surface area (Å²) in [4.78, 5) is 38.2. The Balaban J connectivity index is 1.52. The Bertz CT molecular complexity index is 893. The lowest BCUT2D eigenvalue weighted by atomic mass is 10.1. The molecule has 0 bridgehead atoms. The minimum atomic E-state index is -0.318. The standard InChI is InChI=1S/C21H20N2O3S/c1-15-6-5-9-17(12-15)14-19(24)22-10-11-23-20(25)18(27-21(23)26)13-16-7-3-2-4-8-16/h2-9,12-13H,10-11,14H2,1H3,(H,22,24)/b18-13+. The predicted octanol–water partition coefficient (Wildman–Crippen LogP) is 3.39. The highest BCUT2D eigenvalue weighted by Crippen LogP contribution is 2.31. The third kappa shape index (κ3) is 5.08. The Kier molecular flexibility index (Phi) is 6.08. The van der Waals surface area contributed by atoms with Crippen molar-refractivity contribution in [1.82, 2.24) is 10.2 Å².